The molecular formula is C24H31IN6O. The maximum absolute atomic E-state index is 11.8. The van der Waals surface area contributed by atoms with Crippen molar-refractivity contribution in [1.82, 2.24) is 25.5 Å². The first-order chi connectivity index (χ1) is 15.2. The van der Waals surface area contributed by atoms with Crippen molar-refractivity contribution in [3.63, 3.8) is 0 Å². The van der Waals surface area contributed by atoms with Gasteiger partial charge >= 0.3 is 0 Å². The summed E-state index contributed by atoms with van der Waals surface area (Å²) >= 11 is 0. The van der Waals surface area contributed by atoms with Crippen molar-refractivity contribution in [2.24, 2.45) is 4.99 Å². The van der Waals surface area contributed by atoms with Crippen LogP contribution in [0.25, 0.3) is 0 Å². The van der Waals surface area contributed by atoms with E-state index in [0.29, 0.717) is 5.56 Å². The first-order valence-corrected chi connectivity index (χ1v) is 10.5. The summed E-state index contributed by atoms with van der Waals surface area (Å²) in [7, 11) is 3.40. The van der Waals surface area contributed by atoms with E-state index in [1.807, 2.05) is 42.7 Å². The zero-order valence-corrected chi connectivity index (χ0v) is 20.9. The number of nitrogens with zero attached hydrogens (tertiary/aromatic N) is 3. The normalized spacial score (nSPS) is 10.9. The van der Waals surface area contributed by atoms with Gasteiger partial charge in [0.25, 0.3) is 5.91 Å². The van der Waals surface area contributed by atoms with Gasteiger partial charge in [0.2, 0.25) is 0 Å². The molecule has 0 atom stereocenters. The van der Waals surface area contributed by atoms with Crippen LogP contribution in [0.15, 0.2) is 72.0 Å². The predicted octanol–water partition coefficient (Wildman–Crippen LogP) is 2.86. The van der Waals surface area contributed by atoms with Crippen LogP contribution in [0.5, 0.6) is 0 Å². The van der Waals surface area contributed by atoms with E-state index in [1.165, 1.54) is 5.56 Å². The summed E-state index contributed by atoms with van der Waals surface area (Å²) in [4.78, 5) is 20.6. The Morgan fingerprint density at radius 1 is 1.00 bits per heavy atom. The van der Waals surface area contributed by atoms with Crippen LogP contribution in [-0.4, -0.2) is 48.6 Å². The van der Waals surface area contributed by atoms with E-state index in [1.54, 1.807) is 14.1 Å². The summed E-state index contributed by atoms with van der Waals surface area (Å²) in [6, 6.07) is 18.0. The fraction of sp³-hybridized carbons (Fsp3) is 0.292. The summed E-state index contributed by atoms with van der Waals surface area (Å²) in [6.07, 6.45) is 5.46. The molecule has 0 aliphatic rings. The standard InChI is InChI=1S/C24H30N6O.HI/c1-25-23(31)21-10-6-9-19(17-21)11-13-28-24(26-2)29-14-12-22-27-15-16-30(22)18-20-7-4-3-5-8-20;/h3-10,15-17H,11-14,18H2,1-2H3,(H,25,31)(H2,26,28,29);1H. The van der Waals surface area contributed by atoms with Crippen LogP contribution >= 0.6 is 24.0 Å². The lowest BCUT2D eigenvalue weighted by atomic mass is 10.1. The third-order valence-electron chi connectivity index (χ3n) is 4.98. The van der Waals surface area contributed by atoms with Gasteiger partial charge in [-0.05, 0) is 29.7 Å². The van der Waals surface area contributed by atoms with Gasteiger partial charge in [0.05, 0.1) is 0 Å². The zero-order chi connectivity index (χ0) is 21.9. The average Bonchev–Trinajstić information content (AvgIpc) is 3.25. The lowest BCUT2D eigenvalue weighted by Gasteiger charge is -2.13. The van der Waals surface area contributed by atoms with Crippen molar-refractivity contribution in [2.75, 3.05) is 27.2 Å². The Balaban J connectivity index is 0.00000363. The molecule has 0 aliphatic carbocycles. The van der Waals surface area contributed by atoms with E-state index < -0.39 is 0 Å². The van der Waals surface area contributed by atoms with Crippen LogP contribution in [0.3, 0.4) is 0 Å². The fourth-order valence-electron chi connectivity index (χ4n) is 3.34. The first kappa shape index (κ1) is 25.4. The molecule has 1 heterocycles. The molecule has 0 unspecified atom stereocenters. The molecule has 1 amide bonds. The first-order valence-electron chi connectivity index (χ1n) is 10.5. The van der Waals surface area contributed by atoms with Crippen LogP contribution in [-0.2, 0) is 19.4 Å². The average molecular weight is 546 g/mol. The van der Waals surface area contributed by atoms with Crippen molar-refractivity contribution >= 4 is 35.8 Å². The Kier molecular flexibility index (Phi) is 10.7. The van der Waals surface area contributed by atoms with Crippen molar-refractivity contribution in [3.05, 3.63) is 89.5 Å². The highest BCUT2D eigenvalue weighted by Gasteiger charge is 2.06. The second-order valence-electron chi connectivity index (χ2n) is 7.16. The molecule has 3 N–H and O–H groups in total. The third kappa shape index (κ3) is 7.67. The molecule has 2 aromatic carbocycles. The summed E-state index contributed by atoms with van der Waals surface area (Å²) in [6.45, 7) is 2.27. The summed E-state index contributed by atoms with van der Waals surface area (Å²) in [5, 5.41) is 9.32. The van der Waals surface area contributed by atoms with Gasteiger partial charge in [0.15, 0.2) is 5.96 Å². The maximum atomic E-state index is 11.8. The smallest absolute Gasteiger partial charge is 0.251 e. The van der Waals surface area contributed by atoms with E-state index >= 15 is 0 Å². The number of rotatable bonds is 9. The number of carbonyl (C=O) groups is 1. The van der Waals surface area contributed by atoms with Crippen molar-refractivity contribution < 1.29 is 4.79 Å². The van der Waals surface area contributed by atoms with E-state index in [4.69, 9.17) is 0 Å². The molecule has 0 aliphatic heterocycles. The van der Waals surface area contributed by atoms with E-state index in [0.717, 1.165) is 49.8 Å². The molecule has 32 heavy (non-hydrogen) atoms. The molecule has 8 heteroatoms. The molecule has 170 valence electrons. The monoisotopic (exact) mass is 546 g/mol. The number of hydrogen-bond acceptors (Lipinski definition) is 3. The number of aromatic nitrogens is 2. The van der Waals surface area contributed by atoms with Gasteiger partial charge in [-0.1, -0.05) is 42.5 Å². The highest BCUT2D eigenvalue weighted by atomic mass is 127. The summed E-state index contributed by atoms with van der Waals surface area (Å²) < 4.78 is 2.17. The highest BCUT2D eigenvalue weighted by Crippen LogP contribution is 2.07. The van der Waals surface area contributed by atoms with E-state index in [9.17, 15) is 4.79 Å². The minimum absolute atomic E-state index is 0. The van der Waals surface area contributed by atoms with Gasteiger partial charge in [0, 0.05) is 58.1 Å². The van der Waals surface area contributed by atoms with Gasteiger partial charge < -0.3 is 20.5 Å². The molecular weight excluding hydrogens is 515 g/mol. The second kappa shape index (κ2) is 13.5. The van der Waals surface area contributed by atoms with Crippen LogP contribution in [0, 0.1) is 0 Å². The minimum atomic E-state index is -0.0714. The quantitative estimate of drug-likeness (QED) is 0.219. The lowest BCUT2D eigenvalue weighted by molar-refractivity contribution is 0.0963. The lowest BCUT2D eigenvalue weighted by Crippen LogP contribution is -2.39. The number of benzene rings is 2. The highest BCUT2D eigenvalue weighted by molar-refractivity contribution is 14.0. The molecule has 0 saturated heterocycles. The minimum Gasteiger partial charge on any atom is -0.356 e. The number of imidazole rings is 1. The number of hydrogen-bond donors (Lipinski definition) is 3. The Labute approximate surface area is 206 Å². The van der Waals surface area contributed by atoms with Crippen LogP contribution in [0.4, 0.5) is 0 Å². The zero-order valence-electron chi connectivity index (χ0n) is 18.5. The van der Waals surface area contributed by atoms with E-state index in [-0.39, 0.29) is 29.9 Å². The fourth-order valence-corrected chi connectivity index (χ4v) is 3.34. The number of guanidine groups is 1. The molecule has 0 spiro atoms. The van der Waals surface area contributed by atoms with Gasteiger partial charge in [-0.3, -0.25) is 9.79 Å². The Morgan fingerprint density at radius 3 is 2.44 bits per heavy atom. The summed E-state index contributed by atoms with van der Waals surface area (Å²) in [5.41, 5.74) is 3.04. The summed E-state index contributed by atoms with van der Waals surface area (Å²) in [5.74, 6) is 1.72. The molecule has 3 aromatic rings. The maximum Gasteiger partial charge on any atom is 0.251 e. The topological polar surface area (TPSA) is 83.3 Å². The van der Waals surface area contributed by atoms with Gasteiger partial charge in [-0.25, -0.2) is 4.98 Å². The van der Waals surface area contributed by atoms with Crippen molar-refractivity contribution in [2.45, 2.75) is 19.4 Å². The van der Waals surface area contributed by atoms with Gasteiger partial charge in [0.1, 0.15) is 5.82 Å². The number of carbonyl (C=O) groups excluding carboxylic acids is 1. The van der Waals surface area contributed by atoms with Crippen LogP contribution < -0.4 is 16.0 Å². The largest absolute Gasteiger partial charge is 0.356 e. The Hall–Kier alpha value is -2.88. The number of aliphatic imine (C=N–C) groups is 1. The predicted molar refractivity (Wildman–Crippen MR) is 140 cm³/mol. The molecule has 3 rings (SSSR count). The number of halogens is 1. The number of nitrogens with one attached hydrogen (secondary N) is 3. The molecule has 0 fully saturated rings. The molecule has 0 radical (unpaired) electrons. The Morgan fingerprint density at radius 2 is 1.72 bits per heavy atom. The van der Waals surface area contributed by atoms with Gasteiger partial charge in [-0.15, -0.1) is 24.0 Å². The molecule has 0 bridgehead atoms. The van der Waals surface area contributed by atoms with Crippen LogP contribution in [0.1, 0.15) is 27.3 Å². The SMILES string of the molecule is CN=C(NCCc1cccc(C(=O)NC)c1)NCCc1nccn1Cc1ccccc1.I. The van der Waals surface area contributed by atoms with Crippen molar-refractivity contribution in [1.29, 1.82) is 0 Å². The second-order valence-corrected chi connectivity index (χ2v) is 7.16. The van der Waals surface area contributed by atoms with E-state index in [2.05, 4.69) is 54.8 Å². The van der Waals surface area contributed by atoms with Crippen molar-refractivity contribution in [3.8, 4) is 0 Å². The van der Waals surface area contributed by atoms with Crippen LogP contribution in [0.2, 0.25) is 0 Å². The molecule has 0 saturated carbocycles. The Bertz CT molecular complexity index is 1000. The number of amides is 1. The molecule has 1 aromatic heterocycles. The molecule has 7 nitrogen and oxygen atoms in total. The third-order valence-corrected chi connectivity index (χ3v) is 4.98. The van der Waals surface area contributed by atoms with Gasteiger partial charge in [-0.2, -0.15) is 0 Å².